The minimum Gasteiger partial charge on any atom is -0.457 e. The van der Waals surface area contributed by atoms with E-state index in [2.05, 4.69) is 20.8 Å². The van der Waals surface area contributed by atoms with Crippen LogP contribution in [0, 0.1) is 16.7 Å². The first-order chi connectivity index (χ1) is 8.50. The van der Waals surface area contributed by atoms with Gasteiger partial charge in [0.15, 0.2) is 6.04 Å². The molecule has 2 bridgehead atoms. The smallest absolute Gasteiger partial charge is 0.364 e. The number of fused-ring (bicyclic) bond motifs is 2. The molecule has 0 amide bonds. The highest BCUT2D eigenvalue weighted by Gasteiger charge is 2.63. The van der Waals surface area contributed by atoms with Gasteiger partial charge >= 0.3 is 5.97 Å². The van der Waals surface area contributed by atoms with Crippen LogP contribution >= 0.6 is 0 Å². The topological polar surface area (TPSA) is 26.3 Å². The Bertz CT molecular complexity index is 383. The molecule has 19 heavy (non-hydrogen) atoms. The molecule has 2 rings (SSSR count). The van der Waals surface area contributed by atoms with E-state index >= 15 is 0 Å². The first kappa shape index (κ1) is 14.8. The van der Waals surface area contributed by atoms with Crippen molar-refractivity contribution < 1.29 is 14.0 Å². The molecule has 0 radical (unpaired) electrons. The van der Waals surface area contributed by atoms with Crippen LogP contribution in [0.5, 0.6) is 0 Å². The van der Waals surface area contributed by atoms with Crippen LogP contribution in [0.1, 0.15) is 47.0 Å². The third-order valence-electron chi connectivity index (χ3n) is 6.48. The number of hydrogen-bond acceptors (Lipinski definition) is 2. The molecular formula is C16H30NO2+. The minimum absolute atomic E-state index is 0.0397. The summed E-state index contributed by atoms with van der Waals surface area (Å²) < 4.78 is 6.54. The largest absolute Gasteiger partial charge is 0.457 e. The zero-order valence-electron chi connectivity index (χ0n) is 13.6. The SMILES string of the molecule is C[C@@H](C(=O)O[C@H]1C[C@H]2CC[C@]1(C)C2(C)C)[N+](C)(C)C. The van der Waals surface area contributed by atoms with Gasteiger partial charge in [0, 0.05) is 5.41 Å². The maximum absolute atomic E-state index is 12.3. The van der Waals surface area contributed by atoms with E-state index < -0.39 is 0 Å². The molecule has 4 atom stereocenters. The molecule has 0 N–H and O–H groups in total. The fourth-order valence-corrected chi connectivity index (χ4v) is 3.86. The van der Waals surface area contributed by atoms with Gasteiger partial charge in [0.2, 0.25) is 0 Å². The van der Waals surface area contributed by atoms with Crippen molar-refractivity contribution in [2.24, 2.45) is 16.7 Å². The molecule has 0 aromatic carbocycles. The summed E-state index contributed by atoms with van der Waals surface area (Å²) in [5.41, 5.74) is 0.468. The summed E-state index contributed by atoms with van der Waals surface area (Å²) in [7, 11) is 6.12. The quantitative estimate of drug-likeness (QED) is 0.581. The highest BCUT2D eigenvalue weighted by Crippen LogP contribution is 2.66. The summed E-state index contributed by atoms with van der Waals surface area (Å²) in [6.07, 6.45) is 3.66. The van der Waals surface area contributed by atoms with Crippen molar-refractivity contribution >= 4 is 5.97 Å². The number of likely N-dealkylation sites (N-methyl/N-ethyl adjacent to an activating group) is 1. The Kier molecular flexibility index (Phi) is 3.29. The van der Waals surface area contributed by atoms with Crippen molar-refractivity contribution in [2.45, 2.75) is 59.1 Å². The van der Waals surface area contributed by atoms with Crippen LogP contribution in [0.15, 0.2) is 0 Å². The van der Waals surface area contributed by atoms with E-state index in [0.717, 1.165) is 12.3 Å². The van der Waals surface area contributed by atoms with Gasteiger partial charge in [0.25, 0.3) is 0 Å². The van der Waals surface area contributed by atoms with Gasteiger partial charge in [-0.05, 0) is 37.5 Å². The van der Waals surface area contributed by atoms with Crippen LogP contribution in [0.25, 0.3) is 0 Å². The van der Waals surface area contributed by atoms with E-state index in [0.29, 0.717) is 9.90 Å². The molecule has 2 saturated carbocycles. The van der Waals surface area contributed by atoms with Crippen LogP contribution in [0.4, 0.5) is 0 Å². The standard InChI is InChI=1S/C16H30NO2/c1-11(17(5,6)7)14(18)19-13-10-12-8-9-16(13,4)15(12,2)3/h11-13H,8-10H2,1-7H3/q+1/t11-,12+,13-,16-/m0/s1. The molecule has 0 heterocycles. The van der Waals surface area contributed by atoms with E-state index in [1.54, 1.807) is 0 Å². The summed E-state index contributed by atoms with van der Waals surface area (Å²) in [6, 6.07) is -0.106. The lowest BCUT2D eigenvalue weighted by Gasteiger charge is -2.39. The van der Waals surface area contributed by atoms with Gasteiger partial charge in [-0.2, -0.15) is 0 Å². The van der Waals surface area contributed by atoms with Crippen LogP contribution < -0.4 is 0 Å². The number of esters is 1. The lowest BCUT2D eigenvalue weighted by atomic mass is 9.70. The molecule has 2 aliphatic rings. The second kappa shape index (κ2) is 4.21. The summed E-state index contributed by atoms with van der Waals surface area (Å²) >= 11 is 0. The fraction of sp³-hybridized carbons (Fsp3) is 0.938. The normalized spacial score (nSPS) is 38.3. The van der Waals surface area contributed by atoms with Gasteiger partial charge in [-0.25, -0.2) is 4.79 Å². The molecule has 0 aliphatic heterocycles. The van der Waals surface area contributed by atoms with Crippen molar-refractivity contribution in [3.63, 3.8) is 0 Å². The van der Waals surface area contributed by atoms with Gasteiger partial charge in [0.1, 0.15) is 6.10 Å². The number of quaternary nitrogens is 1. The van der Waals surface area contributed by atoms with Crippen LogP contribution in [-0.2, 0) is 9.53 Å². The van der Waals surface area contributed by atoms with Gasteiger partial charge in [-0.3, -0.25) is 0 Å². The Labute approximate surface area is 117 Å². The van der Waals surface area contributed by atoms with E-state index in [-0.39, 0.29) is 23.5 Å². The van der Waals surface area contributed by atoms with Crippen LogP contribution in [-0.4, -0.2) is 43.7 Å². The molecule has 2 aliphatic carbocycles. The van der Waals surface area contributed by atoms with Gasteiger partial charge in [0.05, 0.1) is 21.1 Å². The van der Waals surface area contributed by atoms with Gasteiger partial charge in [-0.15, -0.1) is 0 Å². The summed E-state index contributed by atoms with van der Waals surface area (Å²) in [5, 5.41) is 0. The highest BCUT2D eigenvalue weighted by atomic mass is 16.5. The Morgan fingerprint density at radius 3 is 2.21 bits per heavy atom. The fourth-order valence-electron chi connectivity index (χ4n) is 3.86. The van der Waals surface area contributed by atoms with Gasteiger partial charge in [-0.1, -0.05) is 20.8 Å². The molecule has 0 unspecified atom stereocenters. The van der Waals surface area contributed by atoms with Crippen molar-refractivity contribution in [1.82, 2.24) is 0 Å². The van der Waals surface area contributed by atoms with Crippen LogP contribution in [0.2, 0.25) is 0 Å². The molecule has 3 heteroatoms. The van der Waals surface area contributed by atoms with Crippen molar-refractivity contribution in [2.75, 3.05) is 21.1 Å². The molecule has 0 saturated heterocycles. The van der Waals surface area contributed by atoms with Crippen molar-refractivity contribution in [3.8, 4) is 0 Å². The predicted octanol–water partition coefficient (Wildman–Crippen LogP) is 2.84. The number of hydrogen-bond donors (Lipinski definition) is 0. The molecule has 0 aromatic rings. The molecule has 0 spiro atoms. The van der Waals surface area contributed by atoms with E-state index in [1.165, 1.54) is 12.8 Å². The third-order valence-corrected chi connectivity index (χ3v) is 6.48. The van der Waals surface area contributed by atoms with Crippen LogP contribution in [0.3, 0.4) is 0 Å². The average Bonchev–Trinajstić information content (AvgIpc) is 2.59. The summed E-state index contributed by atoms with van der Waals surface area (Å²) in [6.45, 7) is 8.97. The van der Waals surface area contributed by atoms with E-state index in [4.69, 9.17) is 4.74 Å². The van der Waals surface area contributed by atoms with Crippen molar-refractivity contribution in [1.29, 1.82) is 0 Å². The summed E-state index contributed by atoms with van der Waals surface area (Å²) in [4.78, 5) is 12.3. The Morgan fingerprint density at radius 1 is 1.26 bits per heavy atom. The first-order valence-corrected chi connectivity index (χ1v) is 7.52. The Morgan fingerprint density at radius 2 is 1.84 bits per heavy atom. The zero-order chi connectivity index (χ0) is 14.6. The molecule has 3 nitrogen and oxygen atoms in total. The minimum atomic E-state index is -0.106. The highest BCUT2D eigenvalue weighted by molar-refractivity contribution is 5.74. The lowest BCUT2D eigenvalue weighted by Crippen LogP contribution is -2.50. The van der Waals surface area contributed by atoms with E-state index in [1.807, 2.05) is 28.1 Å². The second-order valence-corrected chi connectivity index (χ2v) is 8.33. The maximum Gasteiger partial charge on any atom is 0.364 e. The summed E-state index contributed by atoms with van der Waals surface area (Å²) in [5.74, 6) is 0.678. The molecule has 0 aromatic heterocycles. The number of ether oxygens (including phenoxy) is 1. The number of carbonyl (C=O) groups excluding carboxylic acids is 1. The monoisotopic (exact) mass is 268 g/mol. The molecule has 110 valence electrons. The zero-order valence-corrected chi connectivity index (χ0v) is 13.6. The molecule has 2 fully saturated rings. The second-order valence-electron chi connectivity index (χ2n) is 8.33. The Balaban J connectivity index is 2.09. The lowest BCUT2D eigenvalue weighted by molar-refractivity contribution is -0.885. The predicted molar refractivity (Wildman–Crippen MR) is 76.6 cm³/mol. The number of carbonyl (C=O) groups is 1. The third kappa shape index (κ3) is 2.10. The first-order valence-electron chi connectivity index (χ1n) is 7.52. The maximum atomic E-state index is 12.3. The van der Waals surface area contributed by atoms with Gasteiger partial charge < -0.3 is 9.22 Å². The van der Waals surface area contributed by atoms with Crippen molar-refractivity contribution in [3.05, 3.63) is 0 Å². The molecular weight excluding hydrogens is 238 g/mol. The number of rotatable bonds is 3. The Hall–Kier alpha value is -0.570. The van der Waals surface area contributed by atoms with E-state index in [9.17, 15) is 4.79 Å². The average molecular weight is 268 g/mol. The number of nitrogens with zero attached hydrogens (tertiary/aromatic N) is 1.